The normalized spacial score (nSPS) is 15.2. The Kier molecular flexibility index (Phi) is 5.50. The molecule has 2 aromatic rings. The number of nitrogens with one attached hydrogen (secondary N) is 2. The van der Waals surface area contributed by atoms with Gasteiger partial charge in [0.2, 0.25) is 0 Å². The van der Waals surface area contributed by atoms with E-state index in [4.69, 9.17) is 0 Å². The van der Waals surface area contributed by atoms with E-state index in [1.54, 1.807) is 23.0 Å². The molecule has 2 amide bonds. The predicted molar refractivity (Wildman–Crippen MR) is 94.5 cm³/mol. The number of rotatable bonds is 4. The summed E-state index contributed by atoms with van der Waals surface area (Å²) >= 11 is 3.41. The van der Waals surface area contributed by atoms with Gasteiger partial charge in [0, 0.05) is 12.2 Å². The third-order valence-corrected chi connectivity index (χ3v) is 4.73. The minimum absolute atomic E-state index is 0.227. The number of amides is 2. The minimum Gasteiger partial charge on any atom is -0.335 e. The molecule has 1 saturated carbocycles. The second-order valence-corrected chi connectivity index (χ2v) is 6.94. The second kappa shape index (κ2) is 7.79. The first-order valence-electron chi connectivity index (χ1n) is 8.15. The first-order chi connectivity index (χ1) is 11.6. The van der Waals surface area contributed by atoms with Crippen LogP contribution in [0.3, 0.4) is 0 Å². The molecule has 1 aliphatic carbocycles. The number of carbonyl (C=O) groups excluding carboxylic acids is 1. The summed E-state index contributed by atoms with van der Waals surface area (Å²) in [5.41, 5.74) is 0.935. The van der Waals surface area contributed by atoms with Gasteiger partial charge in [-0.15, -0.1) is 0 Å². The molecule has 0 unspecified atom stereocenters. The van der Waals surface area contributed by atoms with E-state index in [9.17, 15) is 9.18 Å². The summed E-state index contributed by atoms with van der Waals surface area (Å²) in [6, 6.07) is 6.30. The van der Waals surface area contributed by atoms with Gasteiger partial charge in [-0.25, -0.2) is 9.18 Å². The van der Waals surface area contributed by atoms with Gasteiger partial charge in [0.1, 0.15) is 5.82 Å². The molecule has 1 aromatic heterocycles. The van der Waals surface area contributed by atoms with Crippen molar-refractivity contribution < 1.29 is 9.18 Å². The molecule has 1 fully saturated rings. The van der Waals surface area contributed by atoms with E-state index >= 15 is 0 Å². The maximum atomic E-state index is 12.9. The monoisotopic (exact) mass is 394 g/mol. The van der Waals surface area contributed by atoms with Crippen molar-refractivity contribution in [3.8, 4) is 0 Å². The van der Waals surface area contributed by atoms with Crippen LogP contribution in [-0.2, 0) is 6.54 Å². The molecule has 0 atom stereocenters. The predicted octanol–water partition coefficient (Wildman–Crippen LogP) is 4.29. The number of carbonyl (C=O) groups is 1. The van der Waals surface area contributed by atoms with Crippen LogP contribution >= 0.6 is 15.9 Å². The van der Waals surface area contributed by atoms with Crippen molar-refractivity contribution in [2.75, 3.05) is 5.32 Å². The lowest BCUT2D eigenvalue weighted by atomic mass is 9.96. The zero-order valence-corrected chi connectivity index (χ0v) is 14.9. The molecule has 128 valence electrons. The molecule has 3 rings (SSSR count). The summed E-state index contributed by atoms with van der Waals surface area (Å²) in [6.45, 7) is 0.505. The van der Waals surface area contributed by atoms with Crippen molar-refractivity contribution in [1.82, 2.24) is 15.1 Å². The minimum atomic E-state index is -0.262. The molecule has 0 radical (unpaired) electrons. The summed E-state index contributed by atoms with van der Waals surface area (Å²) in [7, 11) is 0. The van der Waals surface area contributed by atoms with Crippen LogP contribution in [0.5, 0.6) is 0 Å². The van der Waals surface area contributed by atoms with E-state index in [-0.39, 0.29) is 17.9 Å². The number of benzene rings is 1. The van der Waals surface area contributed by atoms with Crippen LogP contribution < -0.4 is 10.6 Å². The Morgan fingerprint density at radius 2 is 1.96 bits per heavy atom. The summed E-state index contributed by atoms with van der Waals surface area (Å²) < 4.78 is 15.4. The molecule has 1 aromatic carbocycles. The fourth-order valence-electron chi connectivity index (χ4n) is 2.92. The molecule has 0 aliphatic heterocycles. The summed E-state index contributed by atoms with van der Waals surface area (Å²) in [6.07, 6.45) is 7.45. The molecule has 0 saturated heterocycles. The first-order valence-corrected chi connectivity index (χ1v) is 8.94. The average molecular weight is 395 g/mol. The third kappa shape index (κ3) is 4.56. The topological polar surface area (TPSA) is 59.0 Å². The Balaban J connectivity index is 1.58. The van der Waals surface area contributed by atoms with Crippen molar-refractivity contribution in [2.45, 2.75) is 44.7 Å². The van der Waals surface area contributed by atoms with E-state index in [1.165, 1.54) is 31.4 Å². The molecule has 0 bridgehead atoms. The molecule has 5 nitrogen and oxygen atoms in total. The highest BCUT2D eigenvalue weighted by Crippen LogP contribution is 2.21. The van der Waals surface area contributed by atoms with Crippen LogP contribution in [0.2, 0.25) is 0 Å². The summed E-state index contributed by atoms with van der Waals surface area (Å²) in [5.74, 6) is 0.215. The highest BCUT2D eigenvalue weighted by molar-refractivity contribution is 9.10. The number of hydrogen-bond acceptors (Lipinski definition) is 2. The van der Waals surface area contributed by atoms with Crippen molar-refractivity contribution in [3.63, 3.8) is 0 Å². The number of anilines is 1. The quantitative estimate of drug-likeness (QED) is 0.812. The standard InChI is InChI=1S/C17H20BrFN4O/c18-15-11-23(10-12-6-8-13(19)9-7-12)22-16(15)21-17(24)20-14-4-2-1-3-5-14/h6-9,11,14H,1-5,10H2,(H2,20,21,22,24). The molecule has 2 N–H and O–H groups in total. The van der Waals surface area contributed by atoms with Crippen LogP contribution in [0, 0.1) is 5.82 Å². The lowest BCUT2D eigenvalue weighted by molar-refractivity contribution is 0.244. The van der Waals surface area contributed by atoms with Crippen molar-refractivity contribution in [1.29, 1.82) is 0 Å². The molecule has 1 aliphatic rings. The number of urea groups is 1. The van der Waals surface area contributed by atoms with Crippen LogP contribution in [0.4, 0.5) is 15.0 Å². The Hall–Kier alpha value is -1.89. The van der Waals surface area contributed by atoms with Gasteiger partial charge in [-0.1, -0.05) is 31.4 Å². The van der Waals surface area contributed by atoms with E-state index in [1.807, 2.05) is 0 Å². The number of hydrogen-bond donors (Lipinski definition) is 2. The summed E-state index contributed by atoms with van der Waals surface area (Å²) in [5, 5.41) is 10.1. The number of aromatic nitrogens is 2. The molecular formula is C17H20BrFN4O. The molecule has 24 heavy (non-hydrogen) atoms. The number of halogens is 2. The van der Waals surface area contributed by atoms with Gasteiger partial charge in [-0.3, -0.25) is 10.00 Å². The van der Waals surface area contributed by atoms with Gasteiger partial charge in [0.05, 0.1) is 11.0 Å². The Bertz CT molecular complexity index is 695. The highest BCUT2D eigenvalue weighted by atomic mass is 79.9. The van der Waals surface area contributed by atoms with Gasteiger partial charge in [-0.05, 0) is 46.5 Å². The smallest absolute Gasteiger partial charge is 0.320 e. The Labute approximate surface area is 148 Å². The molecule has 7 heteroatoms. The molecule has 1 heterocycles. The first kappa shape index (κ1) is 17.0. The zero-order valence-electron chi connectivity index (χ0n) is 13.3. The number of nitrogens with zero attached hydrogens (tertiary/aromatic N) is 2. The zero-order chi connectivity index (χ0) is 16.9. The highest BCUT2D eigenvalue weighted by Gasteiger charge is 2.17. The van der Waals surface area contributed by atoms with Crippen LogP contribution in [0.1, 0.15) is 37.7 Å². The van der Waals surface area contributed by atoms with E-state index in [0.717, 1.165) is 18.4 Å². The molecule has 0 spiro atoms. The fourth-order valence-corrected chi connectivity index (χ4v) is 3.33. The van der Waals surface area contributed by atoms with Gasteiger partial charge >= 0.3 is 6.03 Å². The Morgan fingerprint density at radius 1 is 1.25 bits per heavy atom. The maximum Gasteiger partial charge on any atom is 0.320 e. The average Bonchev–Trinajstić information content (AvgIpc) is 2.90. The lowest BCUT2D eigenvalue weighted by Gasteiger charge is -2.22. The maximum absolute atomic E-state index is 12.9. The van der Waals surface area contributed by atoms with Gasteiger partial charge in [-0.2, -0.15) is 5.10 Å². The SMILES string of the molecule is O=C(Nc1nn(Cc2ccc(F)cc2)cc1Br)NC1CCCCC1. The van der Waals surface area contributed by atoms with Crippen molar-refractivity contribution in [2.24, 2.45) is 0 Å². The van der Waals surface area contributed by atoms with E-state index in [0.29, 0.717) is 16.8 Å². The van der Waals surface area contributed by atoms with E-state index in [2.05, 4.69) is 31.7 Å². The lowest BCUT2D eigenvalue weighted by Crippen LogP contribution is -2.39. The van der Waals surface area contributed by atoms with Crippen LogP contribution in [-0.4, -0.2) is 21.9 Å². The van der Waals surface area contributed by atoms with Crippen molar-refractivity contribution >= 4 is 27.8 Å². The van der Waals surface area contributed by atoms with Gasteiger partial charge < -0.3 is 5.32 Å². The summed E-state index contributed by atoms with van der Waals surface area (Å²) in [4.78, 5) is 12.1. The van der Waals surface area contributed by atoms with Crippen LogP contribution in [0.25, 0.3) is 0 Å². The van der Waals surface area contributed by atoms with Crippen LogP contribution in [0.15, 0.2) is 34.9 Å². The van der Waals surface area contributed by atoms with Crippen molar-refractivity contribution in [3.05, 3.63) is 46.3 Å². The fraction of sp³-hybridized carbons (Fsp3) is 0.412. The van der Waals surface area contributed by atoms with Gasteiger partial charge in [0.25, 0.3) is 0 Å². The third-order valence-electron chi connectivity index (χ3n) is 4.15. The molecular weight excluding hydrogens is 375 g/mol. The van der Waals surface area contributed by atoms with E-state index < -0.39 is 0 Å². The Morgan fingerprint density at radius 3 is 2.67 bits per heavy atom. The second-order valence-electron chi connectivity index (χ2n) is 6.08. The largest absolute Gasteiger partial charge is 0.335 e. The van der Waals surface area contributed by atoms with Gasteiger partial charge in [0.15, 0.2) is 5.82 Å².